The topological polar surface area (TPSA) is 151 Å². The monoisotopic (exact) mass is 508 g/mol. The van der Waals surface area contributed by atoms with Gasteiger partial charge >= 0.3 is 5.97 Å². The standard InChI is InChI=1S/C20H14Cl2N4O6S/c21-13-6-5-12(16(22)9-13)11-23-24-18-8-7-14(26(29)30)10-19(18)33(31,32)25-17-4-2-1-3-15(17)20(27)28/h1-11,24-25H,(H,27,28)/b23-11+. The average molecular weight is 509 g/mol. The number of para-hydroxylation sites is 1. The van der Waals surface area contributed by atoms with Crippen LogP contribution in [0.2, 0.25) is 10.0 Å². The van der Waals surface area contributed by atoms with E-state index in [1.54, 1.807) is 12.1 Å². The Labute approximate surface area is 197 Å². The summed E-state index contributed by atoms with van der Waals surface area (Å²) in [5.74, 6) is -1.35. The maximum absolute atomic E-state index is 13.0. The number of carboxylic acid groups (broad SMARTS) is 1. The van der Waals surface area contributed by atoms with E-state index in [0.29, 0.717) is 15.6 Å². The lowest BCUT2D eigenvalue weighted by molar-refractivity contribution is -0.385. The Kier molecular flexibility index (Phi) is 7.16. The Morgan fingerprint density at radius 1 is 1.06 bits per heavy atom. The molecule has 0 aliphatic rings. The lowest BCUT2D eigenvalue weighted by Crippen LogP contribution is -2.17. The van der Waals surface area contributed by atoms with Crippen LogP contribution >= 0.6 is 23.2 Å². The lowest BCUT2D eigenvalue weighted by atomic mass is 10.2. The molecule has 0 aromatic heterocycles. The van der Waals surface area contributed by atoms with Crippen molar-refractivity contribution in [1.82, 2.24) is 0 Å². The molecule has 0 saturated heterocycles. The Hall–Kier alpha value is -3.67. The number of hydrogen-bond acceptors (Lipinski definition) is 7. The van der Waals surface area contributed by atoms with Crippen molar-refractivity contribution in [3.05, 3.63) is 92.0 Å². The van der Waals surface area contributed by atoms with Crippen LogP contribution in [0, 0.1) is 10.1 Å². The lowest BCUT2D eigenvalue weighted by Gasteiger charge is -2.13. The molecule has 0 fully saturated rings. The van der Waals surface area contributed by atoms with Crippen molar-refractivity contribution in [2.45, 2.75) is 4.90 Å². The molecule has 0 amide bonds. The summed E-state index contributed by atoms with van der Waals surface area (Å²) in [7, 11) is -4.46. The van der Waals surface area contributed by atoms with Crippen LogP contribution in [0.3, 0.4) is 0 Å². The first-order chi connectivity index (χ1) is 15.6. The first kappa shape index (κ1) is 24.0. The van der Waals surface area contributed by atoms with E-state index in [4.69, 9.17) is 23.2 Å². The molecule has 3 aromatic rings. The van der Waals surface area contributed by atoms with Gasteiger partial charge in [-0.3, -0.25) is 20.3 Å². The number of aromatic carboxylic acids is 1. The van der Waals surface area contributed by atoms with E-state index in [-0.39, 0.29) is 16.9 Å². The van der Waals surface area contributed by atoms with Gasteiger partial charge in [-0.05, 0) is 30.3 Å². The maximum atomic E-state index is 13.0. The third-order valence-electron chi connectivity index (χ3n) is 4.22. The van der Waals surface area contributed by atoms with Crippen LogP contribution < -0.4 is 10.1 Å². The molecule has 0 bridgehead atoms. The molecule has 0 aliphatic heterocycles. The van der Waals surface area contributed by atoms with Crippen LogP contribution in [0.5, 0.6) is 0 Å². The van der Waals surface area contributed by atoms with E-state index in [9.17, 15) is 28.4 Å². The van der Waals surface area contributed by atoms with Gasteiger partial charge < -0.3 is 5.11 Å². The number of carbonyl (C=O) groups is 1. The third kappa shape index (κ3) is 5.77. The van der Waals surface area contributed by atoms with Gasteiger partial charge in [-0.25, -0.2) is 13.2 Å². The predicted octanol–water partition coefficient (Wildman–Crippen LogP) is 4.85. The van der Waals surface area contributed by atoms with E-state index in [0.717, 1.165) is 18.2 Å². The maximum Gasteiger partial charge on any atom is 0.337 e. The van der Waals surface area contributed by atoms with Crippen molar-refractivity contribution in [2.24, 2.45) is 5.10 Å². The van der Waals surface area contributed by atoms with Crippen LogP contribution in [0.25, 0.3) is 0 Å². The third-order valence-corrected chi connectivity index (χ3v) is 6.19. The second-order valence-corrected chi connectivity index (χ2v) is 8.92. The highest BCUT2D eigenvalue weighted by Crippen LogP contribution is 2.29. The van der Waals surface area contributed by atoms with E-state index in [1.807, 2.05) is 0 Å². The molecule has 0 saturated carbocycles. The smallest absolute Gasteiger partial charge is 0.337 e. The average Bonchev–Trinajstić information content (AvgIpc) is 2.75. The van der Waals surface area contributed by atoms with E-state index in [1.165, 1.54) is 36.5 Å². The number of hydrogen-bond donors (Lipinski definition) is 3. The number of rotatable bonds is 8. The van der Waals surface area contributed by atoms with Crippen LogP contribution in [0.4, 0.5) is 17.1 Å². The fourth-order valence-electron chi connectivity index (χ4n) is 2.68. The summed E-state index contributed by atoms with van der Waals surface area (Å²) in [6, 6.07) is 13.1. The molecule has 170 valence electrons. The van der Waals surface area contributed by atoms with Crippen LogP contribution in [-0.4, -0.2) is 30.6 Å². The summed E-state index contributed by atoms with van der Waals surface area (Å²) in [5.41, 5.74) is 1.91. The molecular weight excluding hydrogens is 495 g/mol. The zero-order valence-electron chi connectivity index (χ0n) is 16.4. The number of carboxylic acids is 1. The highest BCUT2D eigenvalue weighted by Gasteiger charge is 2.24. The van der Waals surface area contributed by atoms with E-state index >= 15 is 0 Å². The quantitative estimate of drug-likeness (QED) is 0.223. The van der Waals surface area contributed by atoms with E-state index in [2.05, 4.69) is 15.2 Å². The summed E-state index contributed by atoms with van der Waals surface area (Å²) in [6.07, 6.45) is 1.31. The van der Waals surface area contributed by atoms with Crippen molar-refractivity contribution in [2.75, 3.05) is 10.1 Å². The molecule has 3 rings (SSSR count). The number of nitro benzene ring substituents is 1. The van der Waals surface area contributed by atoms with Gasteiger partial charge in [-0.15, -0.1) is 0 Å². The SMILES string of the molecule is O=C(O)c1ccccc1NS(=O)(=O)c1cc([N+](=O)[O-])ccc1N/N=C/c1ccc(Cl)cc1Cl. The van der Waals surface area contributed by atoms with Gasteiger partial charge in [0.05, 0.1) is 33.1 Å². The van der Waals surface area contributed by atoms with Crippen LogP contribution in [0.1, 0.15) is 15.9 Å². The van der Waals surface area contributed by atoms with Crippen molar-refractivity contribution in [1.29, 1.82) is 0 Å². The predicted molar refractivity (Wildman–Crippen MR) is 125 cm³/mol. The molecule has 13 heteroatoms. The number of non-ortho nitro benzene ring substituents is 1. The summed E-state index contributed by atoms with van der Waals surface area (Å²) in [5, 5.41) is 25.2. The van der Waals surface area contributed by atoms with Gasteiger partial charge in [0.2, 0.25) is 0 Å². The second-order valence-electron chi connectivity index (χ2n) is 6.43. The molecule has 0 unspecified atom stereocenters. The Morgan fingerprint density at radius 3 is 2.45 bits per heavy atom. The fraction of sp³-hybridized carbons (Fsp3) is 0. The largest absolute Gasteiger partial charge is 0.478 e. The summed E-state index contributed by atoms with van der Waals surface area (Å²) in [4.78, 5) is 21.3. The second kappa shape index (κ2) is 9.86. The molecule has 0 radical (unpaired) electrons. The zero-order valence-corrected chi connectivity index (χ0v) is 18.7. The summed E-state index contributed by atoms with van der Waals surface area (Å²) < 4.78 is 28.2. The number of nitrogens with zero attached hydrogens (tertiary/aromatic N) is 2. The Morgan fingerprint density at radius 2 is 1.79 bits per heavy atom. The van der Waals surface area contributed by atoms with Crippen LogP contribution in [0.15, 0.2) is 70.7 Å². The number of anilines is 2. The normalized spacial score (nSPS) is 11.3. The summed E-state index contributed by atoms with van der Waals surface area (Å²) >= 11 is 11.9. The minimum absolute atomic E-state index is 0.0951. The molecule has 3 N–H and O–H groups in total. The molecule has 33 heavy (non-hydrogen) atoms. The number of nitro groups is 1. The van der Waals surface area contributed by atoms with Gasteiger partial charge in [0.25, 0.3) is 15.7 Å². The highest BCUT2D eigenvalue weighted by atomic mass is 35.5. The summed E-state index contributed by atoms with van der Waals surface area (Å²) in [6.45, 7) is 0. The minimum atomic E-state index is -4.46. The molecule has 3 aromatic carbocycles. The van der Waals surface area contributed by atoms with Gasteiger partial charge in [-0.2, -0.15) is 5.10 Å². The zero-order chi connectivity index (χ0) is 24.2. The Balaban J connectivity index is 1.99. The van der Waals surface area contributed by atoms with Crippen molar-refractivity contribution < 1.29 is 23.2 Å². The van der Waals surface area contributed by atoms with Gasteiger partial charge in [0.1, 0.15) is 4.90 Å². The number of benzene rings is 3. The number of sulfonamides is 1. The van der Waals surface area contributed by atoms with Crippen molar-refractivity contribution in [3.63, 3.8) is 0 Å². The van der Waals surface area contributed by atoms with E-state index < -0.39 is 31.5 Å². The fourth-order valence-corrected chi connectivity index (χ4v) is 4.39. The van der Waals surface area contributed by atoms with Gasteiger partial charge in [0, 0.05) is 22.7 Å². The minimum Gasteiger partial charge on any atom is -0.478 e. The molecule has 0 heterocycles. The highest BCUT2D eigenvalue weighted by molar-refractivity contribution is 7.93. The van der Waals surface area contributed by atoms with Gasteiger partial charge in [-0.1, -0.05) is 41.4 Å². The first-order valence-electron chi connectivity index (χ1n) is 8.96. The molecule has 0 aliphatic carbocycles. The van der Waals surface area contributed by atoms with Crippen LogP contribution in [-0.2, 0) is 10.0 Å². The number of hydrazone groups is 1. The number of halogens is 2. The molecule has 10 nitrogen and oxygen atoms in total. The van der Waals surface area contributed by atoms with Crippen molar-refractivity contribution >= 4 is 62.5 Å². The molecule has 0 spiro atoms. The molecular formula is C20H14Cl2N4O6S. The first-order valence-corrected chi connectivity index (χ1v) is 11.2. The van der Waals surface area contributed by atoms with Crippen molar-refractivity contribution in [3.8, 4) is 0 Å². The number of nitrogens with one attached hydrogen (secondary N) is 2. The molecule has 0 atom stereocenters. The Bertz CT molecular complexity index is 1380. The van der Waals surface area contributed by atoms with Gasteiger partial charge in [0.15, 0.2) is 0 Å².